The van der Waals surface area contributed by atoms with E-state index in [1.165, 1.54) is 0 Å². The largest absolute Gasteiger partial charge is 0.472 e. The zero-order chi connectivity index (χ0) is 33.4. The number of halogens is 2. The number of benzene rings is 1. The fourth-order valence-electron chi connectivity index (χ4n) is 3.33. The van der Waals surface area contributed by atoms with Crippen molar-refractivity contribution in [2.75, 3.05) is 13.2 Å². The number of nitrogens with one attached hydrogen (secondary N) is 2. The zero-order valence-electron chi connectivity index (χ0n) is 22.7. The van der Waals surface area contributed by atoms with Crippen molar-refractivity contribution in [2.45, 2.75) is 67.1 Å². The molecular weight excluding hydrogens is 660 g/mol. The Bertz CT molecular complexity index is 1150. The molecule has 1 aromatic rings. The summed E-state index contributed by atoms with van der Waals surface area (Å²) >= 11 is 11.2. The van der Waals surface area contributed by atoms with E-state index in [1.54, 1.807) is 0 Å². The number of nitro benzene ring substituents is 1. The Morgan fingerprint density at radius 3 is 2.23 bits per heavy atom. The van der Waals surface area contributed by atoms with E-state index in [-0.39, 0.29) is 30.4 Å². The number of aliphatic hydroxyl groups is 4. The highest BCUT2D eigenvalue weighted by molar-refractivity contribution is 7.47. The molecule has 0 saturated carbocycles. The SMILES string of the molecule is O=CCCCCC(=O)NOC[C@@H](NC(=O)C(Cl)Cl)[C@H](OP(=O)(O)OC[C@@H](O)[C@@H](O)[C@H](O)[C@@H](O)C=O)c1ccc([N+](=O)[O-])cc1. The molecule has 18 nitrogen and oxygen atoms in total. The Kier molecular flexibility index (Phi) is 17.7. The van der Waals surface area contributed by atoms with Crippen LogP contribution in [0.15, 0.2) is 24.3 Å². The first-order valence-electron chi connectivity index (χ1n) is 12.6. The number of phosphoric acid groups is 1. The molecule has 21 heteroatoms. The molecule has 1 rings (SSSR count). The number of rotatable bonds is 22. The highest BCUT2D eigenvalue weighted by Gasteiger charge is 2.37. The van der Waals surface area contributed by atoms with E-state index in [0.29, 0.717) is 19.1 Å². The lowest BCUT2D eigenvalue weighted by Crippen LogP contribution is -2.47. The Labute approximate surface area is 259 Å². The van der Waals surface area contributed by atoms with Gasteiger partial charge in [-0.05, 0) is 30.5 Å². The number of hydroxylamine groups is 1. The fourth-order valence-corrected chi connectivity index (χ4v) is 4.42. The molecule has 0 heterocycles. The van der Waals surface area contributed by atoms with E-state index in [9.17, 15) is 59.2 Å². The van der Waals surface area contributed by atoms with E-state index in [4.69, 9.17) is 32.6 Å². The van der Waals surface area contributed by atoms with Crippen LogP contribution in [0.25, 0.3) is 0 Å². The Hall–Kier alpha value is -2.61. The molecule has 0 radical (unpaired) electrons. The summed E-state index contributed by atoms with van der Waals surface area (Å²) in [6.45, 7) is -1.87. The van der Waals surface area contributed by atoms with Gasteiger partial charge in [-0.15, -0.1) is 0 Å². The molecule has 0 aliphatic rings. The molecule has 0 aromatic heterocycles. The second kappa shape index (κ2) is 19.7. The maximum Gasteiger partial charge on any atom is 0.472 e. The maximum atomic E-state index is 12.9. The molecule has 2 amide bonds. The van der Waals surface area contributed by atoms with Crippen molar-refractivity contribution in [2.24, 2.45) is 0 Å². The van der Waals surface area contributed by atoms with Gasteiger partial charge in [0.25, 0.3) is 11.6 Å². The van der Waals surface area contributed by atoms with E-state index >= 15 is 0 Å². The summed E-state index contributed by atoms with van der Waals surface area (Å²) in [7, 11) is -5.30. The number of unbranched alkanes of at least 4 members (excludes halogenated alkanes) is 2. The van der Waals surface area contributed by atoms with Crippen LogP contribution in [-0.4, -0.2) is 103 Å². The van der Waals surface area contributed by atoms with Crippen molar-refractivity contribution < 1.29 is 67.9 Å². The molecule has 7 atom stereocenters. The van der Waals surface area contributed by atoms with Crippen molar-refractivity contribution in [3.8, 4) is 0 Å². The molecule has 1 unspecified atom stereocenters. The third-order valence-corrected chi connectivity index (χ3v) is 7.00. The second-order valence-corrected chi connectivity index (χ2v) is 11.5. The quantitative estimate of drug-likeness (QED) is 0.0202. The number of nitro groups is 1. The van der Waals surface area contributed by atoms with E-state index in [0.717, 1.165) is 24.3 Å². The Morgan fingerprint density at radius 1 is 1.05 bits per heavy atom. The van der Waals surface area contributed by atoms with Gasteiger partial charge in [0.1, 0.15) is 36.8 Å². The van der Waals surface area contributed by atoms with Crippen molar-refractivity contribution in [1.29, 1.82) is 0 Å². The topological polar surface area (TPSA) is 281 Å². The third-order valence-electron chi connectivity index (χ3n) is 5.64. The minimum Gasteiger partial charge on any atom is -0.388 e. The Morgan fingerprint density at radius 2 is 1.68 bits per heavy atom. The van der Waals surface area contributed by atoms with Gasteiger partial charge in [0.2, 0.25) is 5.91 Å². The molecule has 7 N–H and O–H groups in total. The first-order chi connectivity index (χ1) is 20.6. The number of carbonyl (C=O) groups excluding carboxylic acids is 4. The highest BCUT2D eigenvalue weighted by atomic mass is 35.5. The number of nitrogens with zero attached hydrogens (tertiary/aromatic N) is 1. The number of phosphoric ester groups is 1. The maximum absolute atomic E-state index is 12.9. The van der Waals surface area contributed by atoms with Gasteiger partial charge in [-0.2, -0.15) is 0 Å². The van der Waals surface area contributed by atoms with Gasteiger partial charge in [0, 0.05) is 25.0 Å². The van der Waals surface area contributed by atoms with Crippen LogP contribution in [0.5, 0.6) is 0 Å². The van der Waals surface area contributed by atoms with Crippen molar-refractivity contribution in [1.82, 2.24) is 10.8 Å². The predicted octanol–water partition coefficient (Wildman–Crippen LogP) is -0.492. The predicted molar refractivity (Wildman–Crippen MR) is 149 cm³/mol. The molecule has 0 aliphatic carbocycles. The van der Waals surface area contributed by atoms with E-state index in [1.807, 2.05) is 0 Å². The normalized spacial score (nSPS) is 16.9. The van der Waals surface area contributed by atoms with Gasteiger partial charge in [-0.1, -0.05) is 23.2 Å². The van der Waals surface area contributed by atoms with Crippen LogP contribution < -0.4 is 10.8 Å². The zero-order valence-corrected chi connectivity index (χ0v) is 25.1. The van der Waals surface area contributed by atoms with Gasteiger partial charge in [-0.25, -0.2) is 10.0 Å². The van der Waals surface area contributed by atoms with Crippen molar-refractivity contribution in [3.63, 3.8) is 0 Å². The number of non-ortho nitro benzene ring substituents is 1. The minimum absolute atomic E-state index is 0.0367. The summed E-state index contributed by atoms with van der Waals surface area (Å²) in [4.78, 5) is 69.7. The summed E-state index contributed by atoms with van der Waals surface area (Å²) in [5, 5.41) is 52.2. The summed E-state index contributed by atoms with van der Waals surface area (Å²) < 4.78 is 22.8. The molecule has 0 saturated heterocycles. The molecule has 0 aliphatic heterocycles. The van der Waals surface area contributed by atoms with Crippen molar-refractivity contribution in [3.05, 3.63) is 39.9 Å². The minimum atomic E-state index is -5.30. The van der Waals surface area contributed by atoms with Gasteiger partial charge >= 0.3 is 7.82 Å². The summed E-state index contributed by atoms with van der Waals surface area (Å²) in [5.74, 6) is -1.67. The van der Waals surface area contributed by atoms with Gasteiger partial charge < -0.3 is 40.2 Å². The smallest absolute Gasteiger partial charge is 0.388 e. The Balaban J connectivity index is 3.23. The number of amides is 2. The fraction of sp³-hybridized carbons (Fsp3) is 0.565. The van der Waals surface area contributed by atoms with Crippen LogP contribution in [0.3, 0.4) is 0 Å². The highest BCUT2D eigenvalue weighted by Crippen LogP contribution is 2.49. The van der Waals surface area contributed by atoms with Gasteiger partial charge in [0.15, 0.2) is 11.1 Å². The van der Waals surface area contributed by atoms with E-state index in [2.05, 4.69) is 15.3 Å². The number of hydrogen-bond acceptors (Lipinski definition) is 14. The summed E-state index contributed by atoms with van der Waals surface area (Å²) in [6, 6.07) is 2.69. The van der Waals surface area contributed by atoms with Crippen LogP contribution in [0, 0.1) is 10.1 Å². The molecule has 0 fully saturated rings. The van der Waals surface area contributed by atoms with Crippen LogP contribution in [0.4, 0.5) is 5.69 Å². The summed E-state index contributed by atoms with van der Waals surface area (Å²) in [6.07, 6.45) is -8.83. The molecule has 248 valence electrons. The average Bonchev–Trinajstić information content (AvgIpc) is 2.99. The molecular formula is C23H32Cl2N3O15P. The van der Waals surface area contributed by atoms with Gasteiger partial charge in [-0.3, -0.25) is 33.6 Å². The molecule has 0 spiro atoms. The molecule has 0 bridgehead atoms. The number of carbonyl (C=O) groups is 4. The average molecular weight is 692 g/mol. The second-order valence-electron chi connectivity index (χ2n) is 8.98. The molecule has 1 aromatic carbocycles. The lowest BCUT2D eigenvalue weighted by atomic mass is 10.0. The number of alkyl halides is 2. The van der Waals surface area contributed by atoms with Crippen LogP contribution >= 0.6 is 31.0 Å². The van der Waals surface area contributed by atoms with Crippen LogP contribution in [-0.2, 0) is 37.6 Å². The van der Waals surface area contributed by atoms with Crippen LogP contribution in [0.1, 0.15) is 37.4 Å². The lowest BCUT2D eigenvalue weighted by molar-refractivity contribution is -0.384. The van der Waals surface area contributed by atoms with Gasteiger partial charge in [0.05, 0.1) is 24.2 Å². The lowest BCUT2D eigenvalue weighted by Gasteiger charge is -2.30. The number of hydrogen-bond donors (Lipinski definition) is 7. The number of aldehydes is 2. The van der Waals surface area contributed by atoms with Crippen LogP contribution in [0.2, 0.25) is 0 Å². The monoisotopic (exact) mass is 691 g/mol. The van der Waals surface area contributed by atoms with Crippen molar-refractivity contribution >= 4 is 61.1 Å². The number of aliphatic hydroxyl groups excluding tert-OH is 4. The molecule has 44 heavy (non-hydrogen) atoms. The third kappa shape index (κ3) is 14.0. The van der Waals surface area contributed by atoms with E-state index < -0.39 is 79.2 Å². The standard InChI is InChI=1S/C23H32Cl2N3O15P/c24-22(25)23(36)26-15(11-41-27-18(33)4-2-1-3-9-29)21(13-5-7-14(8-6-13)28(37)38)43-44(39,40)42-12-17(32)20(35)19(34)16(31)10-30/h5-10,15-17,19-22,31-32,34-35H,1-4,11-12H2,(H,26,36)(H,27,33)(H,39,40)/t15-,16+,17-,19-,20-,21-/m1/s1. The first kappa shape index (κ1) is 39.4. The summed E-state index contributed by atoms with van der Waals surface area (Å²) in [5.41, 5.74) is 1.62. The first-order valence-corrected chi connectivity index (χ1v) is 15.0.